The van der Waals surface area contributed by atoms with Crippen LogP contribution in [-0.2, 0) is 4.79 Å². The number of hydrogen-bond acceptors (Lipinski definition) is 6. The molecule has 0 saturated carbocycles. The molecule has 142 valence electrons. The van der Waals surface area contributed by atoms with Crippen LogP contribution in [0.1, 0.15) is 12.8 Å². The van der Waals surface area contributed by atoms with Crippen LogP contribution in [0.4, 0.5) is 15.8 Å². The van der Waals surface area contributed by atoms with Gasteiger partial charge in [-0.2, -0.15) is 0 Å². The molecule has 0 aromatic heterocycles. The molecule has 0 radical (unpaired) electrons. The number of methoxy groups -OCH3 is 1. The molecule has 0 aliphatic carbocycles. The van der Waals surface area contributed by atoms with Gasteiger partial charge in [0, 0.05) is 32.2 Å². The SMILES string of the molecule is COc1cc(N2CCN(C(=O)CN3CCCC3)CC2)c([N+](=O)[O-])cc1F. The second kappa shape index (κ2) is 7.86. The average molecular weight is 366 g/mol. The van der Waals surface area contributed by atoms with Gasteiger partial charge in [-0.25, -0.2) is 4.39 Å². The van der Waals surface area contributed by atoms with Gasteiger partial charge in [0.2, 0.25) is 5.91 Å². The van der Waals surface area contributed by atoms with Gasteiger partial charge in [-0.15, -0.1) is 0 Å². The van der Waals surface area contributed by atoms with E-state index in [-0.39, 0.29) is 17.3 Å². The maximum Gasteiger partial charge on any atom is 0.295 e. The number of amides is 1. The highest BCUT2D eigenvalue weighted by Gasteiger charge is 2.28. The molecule has 0 bridgehead atoms. The summed E-state index contributed by atoms with van der Waals surface area (Å²) in [7, 11) is 1.32. The zero-order valence-electron chi connectivity index (χ0n) is 14.8. The van der Waals surface area contributed by atoms with Crippen molar-refractivity contribution >= 4 is 17.3 Å². The molecule has 0 atom stereocenters. The molecular formula is C17H23FN4O4. The Bertz CT molecular complexity index is 686. The van der Waals surface area contributed by atoms with E-state index in [2.05, 4.69) is 4.90 Å². The van der Waals surface area contributed by atoms with E-state index >= 15 is 0 Å². The third-order valence-corrected chi connectivity index (χ3v) is 4.98. The third kappa shape index (κ3) is 3.87. The van der Waals surface area contributed by atoms with Crippen LogP contribution in [0.15, 0.2) is 12.1 Å². The number of likely N-dealkylation sites (tertiary alicyclic amines) is 1. The Balaban J connectivity index is 1.67. The van der Waals surface area contributed by atoms with Gasteiger partial charge in [0.1, 0.15) is 5.69 Å². The summed E-state index contributed by atoms with van der Waals surface area (Å²) in [5.41, 5.74) is 0.0278. The number of anilines is 1. The highest BCUT2D eigenvalue weighted by Crippen LogP contribution is 2.35. The van der Waals surface area contributed by atoms with Crippen LogP contribution in [0.2, 0.25) is 0 Å². The predicted octanol–water partition coefficient (Wildman–Crippen LogP) is 1.49. The largest absolute Gasteiger partial charge is 0.494 e. The quantitative estimate of drug-likeness (QED) is 0.580. The van der Waals surface area contributed by atoms with Gasteiger partial charge in [0.05, 0.1) is 24.6 Å². The van der Waals surface area contributed by atoms with Crippen molar-refractivity contribution < 1.29 is 18.8 Å². The zero-order chi connectivity index (χ0) is 18.7. The molecule has 1 amide bonds. The van der Waals surface area contributed by atoms with Crippen molar-refractivity contribution in [1.29, 1.82) is 0 Å². The molecule has 1 aromatic rings. The first-order valence-electron chi connectivity index (χ1n) is 8.76. The summed E-state index contributed by atoms with van der Waals surface area (Å²) in [5, 5.41) is 11.3. The van der Waals surface area contributed by atoms with Gasteiger partial charge < -0.3 is 14.5 Å². The second-order valence-corrected chi connectivity index (χ2v) is 6.58. The Hall–Kier alpha value is -2.42. The lowest BCUT2D eigenvalue weighted by molar-refractivity contribution is -0.384. The average Bonchev–Trinajstić information content (AvgIpc) is 3.14. The number of carbonyl (C=O) groups excluding carboxylic acids is 1. The summed E-state index contributed by atoms with van der Waals surface area (Å²) in [5.74, 6) is -0.696. The number of benzene rings is 1. The van der Waals surface area contributed by atoms with E-state index < -0.39 is 10.7 Å². The van der Waals surface area contributed by atoms with Crippen molar-refractivity contribution in [2.24, 2.45) is 0 Å². The highest BCUT2D eigenvalue weighted by molar-refractivity contribution is 5.79. The Morgan fingerprint density at radius 2 is 1.85 bits per heavy atom. The van der Waals surface area contributed by atoms with Crippen LogP contribution in [-0.4, -0.2) is 73.6 Å². The monoisotopic (exact) mass is 366 g/mol. The molecule has 2 aliphatic rings. The first kappa shape index (κ1) is 18.4. The maximum absolute atomic E-state index is 13.8. The Morgan fingerprint density at radius 3 is 2.42 bits per heavy atom. The normalized spacial score (nSPS) is 18.2. The van der Waals surface area contributed by atoms with E-state index in [4.69, 9.17) is 4.74 Å². The molecule has 8 nitrogen and oxygen atoms in total. The van der Waals surface area contributed by atoms with Crippen molar-refractivity contribution in [1.82, 2.24) is 9.80 Å². The minimum Gasteiger partial charge on any atom is -0.494 e. The molecule has 1 aromatic carbocycles. The molecule has 2 fully saturated rings. The second-order valence-electron chi connectivity index (χ2n) is 6.58. The molecule has 26 heavy (non-hydrogen) atoms. The summed E-state index contributed by atoms with van der Waals surface area (Å²) in [4.78, 5) is 28.8. The Labute approximate surface area is 151 Å². The molecule has 2 aliphatic heterocycles. The molecule has 0 N–H and O–H groups in total. The number of carbonyl (C=O) groups is 1. The van der Waals surface area contributed by atoms with Gasteiger partial charge in [-0.1, -0.05) is 0 Å². The van der Waals surface area contributed by atoms with Crippen molar-refractivity contribution in [2.75, 3.05) is 57.8 Å². The number of nitro benzene ring substituents is 1. The van der Waals surface area contributed by atoms with Crippen LogP contribution >= 0.6 is 0 Å². The van der Waals surface area contributed by atoms with E-state index in [0.717, 1.165) is 32.0 Å². The van der Waals surface area contributed by atoms with Crippen LogP contribution in [0.3, 0.4) is 0 Å². The van der Waals surface area contributed by atoms with Crippen LogP contribution < -0.4 is 9.64 Å². The van der Waals surface area contributed by atoms with Crippen molar-refractivity contribution in [3.05, 3.63) is 28.1 Å². The van der Waals surface area contributed by atoms with Crippen LogP contribution in [0.5, 0.6) is 5.75 Å². The number of nitrogens with zero attached hydrogens (tertiary/aromatic N) is 4. The molecule has 2 heterocycles. The fourth-order valence-corrected chi connectivity index (χ4v) is 3.52. The van der Waals surface area contributed by atoms with E-state index in [1.807, 2.05) is 0 Å². The fourth-order valence-electron chi connectivity index (χ4n) is 3.52. The number of nitro groups is 1. The third-order valence-electron chi connectivity index (χ3n) is 4.98. The zero-order valence-corrected chi connectivity index (χ0v) is 14.8. The minimum atomic E-state index is -0.762. The first-order valence-corrected chi connectivity index (χ1v) is 8.76. The number of hydrogen-bond donors (Lipinski definition) is 0. The standard InChI is InChI=1S/C17H23FN4O4/c1-26-16-11-14(15(22(24)25)10-13(16)18)20-6-8-21(9-7-20)17(23)12-19-4-2-3-5-19/h10-11H,2-9,12H2,1H3. The lowest BCUT2D eigenvalue weighted by Gasteiger charge is -2.36. The lowest BCUT2D eigenvalue weighted by Crippen LogP contribution is -2.51. The topological polar surface area (TPSA) is 79.2 Å². The smallest absolute Gasteiger partial charge is 0.295 e. The number of ether oxygens (including phenoxy) is 1. The summed E-state index contributed by atoms with van der Waals surface area (Å²) in [6.07, 6.45) is 2.27. The van der Waals surface area contributed by atoms with Gasteiger partial charge in [-0.3, -0.25) is 19.8 Å². The molecule has 0 spiro atoms. The number of piperazine rings is 1. The van der Waals surface area contributed by atoms with Crippen molar-refractivity contribution in [3.8, 4) is 5.75 Å². The lowest BCUT2D eigenvalue weighted by atomic mass is 10.2. The Morgan fingerprint density at radius 1 is 1.19 bits per heavy atom. The highest BCUT2D eigenvalue weighted by atomic mass is 19.1. The van der Waals surface area contributed by atoms with Gasteiger partial charge >= 0.3 is 0 Å². The van der Waals surface area contributed by atoms with E-state index in [1.165, 1.54) is 13.2 Å². The van der Waals surface area contributed by atoms with Crippen molar-refractivity contribution in [2.45, 2.75) is 12.8 Å². The Kier molecular flexibility index (Phi) is 5.55. The molecule has 3 rings (SSSR count). The molecule has 0 unspecified atom stereocenters. The summed E-state index contributed by atoms with van der Waals surface area (Å²) in [6.45, 7) is 4.26. The summed E-state index contributed by atoms with van der Waals surface area (Å²) < 4.78 is 18.8. The van der Waals surface area contributed by atoms with Gasteiger partial charge in [0.25, 0.3) is 5.69 Å². The van der Waals surface area contributed by atoms with E-state index in [0.29, 0.717) is 38.4 Å². The van der Waals surface area contributed by atoms with Crippen LogP contribution in [0.25, 0.3) is 0 Å². The van der Waals surface area contributed by atoms with E-state index in [1.54, 1.807) is 9.80 Å². The minimum absolute atomic E-state index is 0.0295. The first-order chi connectivity index (χ1) is 12.5. The summed E-state index contributed by atoms with van der Waals surface area (Å²) >= 11 is 0. The fraction of sp³-hybridized carbons (Fsp3) is 0.588. The van der Waals surface area contributed by atoms with Gasteiger partial charge in [0.15, 0.2) is 11.6 Å². The number of halogens is 1. The molecule has 9 heteroatoms. The molecular weight excluding hydrogens is 343 g/mol. The van der Waals surface area contributed by atoms with E-state index in [9.17, 15) is 19.3 Å². The van der Waals surface area contributed by atoms with Crippen LogP contribution in [0, 0.1) is 15.9 Å². The number of rotatable bonds is 5. The maximum atomic E-state index is 13.8. The predicted molar refractivity (Wildman–Crippen MR) is 94.1 cm³/mol. The molecule has 2 saturated heterocycles. The van der Waals surface area contributed by atoms with Gasteiger partial charge in [-0.05, 0) is 25.9 Å². The van der Waals surface area contributed by atoms with Crippen molar-refractivity contribution in [3.63, 3.8) is 0 Å². The summed E-state index contributed by atoms with van der Waals surface area (Å²) in [6, 6.07) is 2.24.